The molecule has 0 bridgehead atoms. The van der Waals surface area contributed by atoms with Crippen LogP contribution in [0, 0.1) is 0 Å². The van der Waals surface area contributed by atoms with Crippen LogP contribution < -0.4 is 0 Å². The predicted octanol–water partition coefficient (Wildman–Crippen LogP) is 2.56. The van der Waals surface area contributed by atoms with Gasteiger partial charge >= 0.3 is 0 Å². The summed E-state index contributed by atoms with van der Waals surface area (Å²) in [6.45, 7) is 10.7. The van der Waals surface area contributed by atoms with E-state index in [1.54, 1.807) is 0 Å². The van der Waals surface area contributed by atoms with Crippen LogP contribution in [0.2, 0.25) is 0 Å². The number of nitrogens with zero attached hydrogens (tertiary/aromatic N) is 4. The first kappa shape index (κ1) is 16.4. The molecule has 0 saturated carbocycles. The molecule has 0 aromatic carbocycles. The molecule has 0 radical (unpaired) electrons. The Balaban J connectivity index is 1.79. The molecule has 6 heteroatoms. The molecule has 128 valence electrons. The van der Waals surface area contributed by atoms with Gasteiger partial charge in [0, 0.05) is 18.5 Å². The summed E-state index contributed by atoms with van der Waals surface area (Å²) in [7, 11) is 0. The van der Waals surface area contributed by atoms with Gasteiger partial charge in [0.15, 0.2) is 5.82 Å². The third-order valence-corrected chi connectivity index (χ3v) is 5.21. The van der Waals surface area contributed by atoms with Crippen LogP contribution in [-0.2, 0) is 11.3 Å². The Morgan fingerprint density at radius 2 is 1.87 bits per heavy atom. The van der Waals surface area contributed by atoms with E-state index in [4.69, 9.17) is 4.52 Å². The third kappa shape index (κ3) is 2.89. The Labute approximate surface area is 138 Å². The molecule has 1 amide bonds. The average molecular weight is 320 g/mol. The van der Waals surface area contributed by atoms with Crippen LogP contribution in [0.15, 0.2) is 4.52 Å². The summed E-state index contributed by atoms with van der Waals surface area (Å²) in [5, 5.41) is 4.11. The smallest absolute Gasteiger partial charge is 0.243 e. The van der Waals surface area contributed by atoms with Crippen LogP contribution >= 0.6 is 0 Å². The van der Waals surface area contributed by atoms with Crippen molar-refractivity contribution in [3.63, 3.8) is 0 Å². The second-order valence-corrected chi connectivity index (χ2v) is 7.46. The molecule has 0 aliphatic carbocycles. The quantitative estimate of drug-likeness (QED) is 0.853. The summed E-state index contributed by atoms with van der Waals surface area (Å²) >= 11 is 0. The largest absolute Gasteiger partial charge is 0.339 e. The number of piperidine rings is 1. The van der Waals surface area contributed by atoms with Crippen molar-refractivity contribution in [2.24, 2.45) is 0 Å². The summed E-state index contributed by atoms with van der Waals surface area (Å²) < 4.78 is 5.32. The first-order valence-corrected chi connectivity index (χ1v) is 8.82. The number of likely N-dealkylation sites (tertiary alicyclic amines) is 2. The fourth-order valence-corrected chi connectivity index (χ4v) is 3.94. The van der Waals surface area contributed by atoms with E-state index in [2.05, 4.69) is 28.9 Å². The molecular formula is C17H28N4O2. The molecule has 23 heavy (non-hydrogen) atoms. The van der Waals surface area contributed by atoms with E-state index in [-0.39, 0.29) is 17.5 Å². The van der Waals surface area contributed by atoms with Crippen LogP contribution in [0.25, 0.3) is 0 Å². The fraction of sp³-hybridized carbons (Fsp3) is 0.824. The van der Waals surface area contributed by atoms with E-state index in [1.165, 1.54) is 0 Å². The van der Waals surface area contributed by atoms with Gasteiger partial charge in [-0.15, -0.1) is 0 Å². The Morgan fingerprint density at radius 3 is 2.48 bits per heavy atom. The Bertz CT molecular complexity index is 569. The highest BCUT2D eigenvalue weighted by molar-refractivity contribution is 5.87. The number of amides is 1. The zero-order valence-electron chi connectivity index (χ0n) is 14.7. The topological polar surface area (TPSA) is 62.5 Å². The summed E-state index contributed by atoms with van der Waals surface area (Å²) in [5.74, 6) is 1.90. The van der Waals surface area contributed by atoms with E-state index in [9.17, 15) is 4.79 Å². The van der Waals surface area contributed by atoms with Crippen molar-refractivity contribution in [3.8, 4) is 0 Å². The van der Waals surface area contributed by atoms with Gasteiger partial charge in [-0.3, -0.25) is 9.69 Å². The van der Waals surface area contributed by atoms with Crippen molar-refractivity contribution in [1.29, 1.82) is 0 Å². The maximum atomic E-state index is 13.1. The van der Waals surface area contributed by atoms with Gasteiger partial charge in [-0.1, -0.05) is 19.0 Å². The minimum absolute atomic E-state index is 0.233. The maximum Gasteiger partial charge on any atom is 0.243 e. The van der Waals surface area contributed by atoms with Crippen molar-refractivity contribution in [1.82, 2.24) is 19.9 Å². The van der Waals surface area contributed by atoms with Crippen molar-refractivity contribution in [2.75, 3.05) is 13.1 Å². The molecular weight excluding hydrogens is 292 g/mol. The third-order valence-electron chi connectivity index (χ3n) is 5.21. The van der Waals surface area contributed by atoms with Gasteiger partial charge in [-0.25, -0.2) is 0 Å². The highest BCUT2D eigenvalue weighted by Gasteiger charge is 2.51. The minimum Gasteiger partial charge on any atom is -0.339 e. The van der Waals surface area contributed by atoms with Gasteiger partial charge in [0.05, 0.1) is 6.54 Å². The van der Waals surface area contributed by atoms with Crippen LogP contribution in [0.1, 0.15) is 71.0 Å². The molecule has 2 fully saturated rings. The predicted molar refractivity (Wildman–Crippen MR) is 86.8 cm³/mol. The van der Waals surface area contributed by atoms with E-state index in [0.29, 0.717) is 24.2 Å². The Hall–Kier alpha value is -1.43. The summed E-state index contributed by atoms with van der Waals surface area (Å²) in [5.41, 5.74) is -0.346. The van der Waals surface area contributed by atoms with Crippen LogP contribution in [-0.4, -0.2) is 50.5 Å². The Kier molecular flexibility index (Phi) is 4.45. The molecule has 3 rings (SSSR count). The highest BCUT2D eigenvalue weighted by atomic mass is 16.5. The molecule has 1 spiro atoms. The normalized spacial score (nSPS) is 26.2. The zero-order chi connectivity index (χ0) is 16.6. The number of carbonyl (C=O) groups is 1. The monoisotopic (exact) mass is 320 g/mol. The average Bonchev–Trinajstić information content (AvgIpc) is 3.11. The van der Waals surface area contributed by atoms with Crippen molar-refractivity contribution in [2.45, 2.75) is 77.4 Å². The molecule has 2 aliphatic rings. The number of hydrogen-bond donors (Lipinski definition) is 0. The number of aromatic nitrogens is 2. The van der Waals surface area contributed by atoms with Crippen LogP contribution in [0.3, 0.4) is 0 Å². The van der Waals surface area contributed by atoms with Gasteiger partial charge < -0.3 is 9.42 Å². The maximum absolute atomic E-state index is 13.1. The van der Waals surface area contributed by atoms with E-state index >= 15 is 0 Å². The van der Waals surface area contributed by atoms with Crippen LogP contribution in [0.5, 0.6) is 0 Å². The molecule has 2 saturated heterocycles. The first-order chi connectivity index (χ1) is 10.9. The molecule has 3 heterocycles. The van der Waals surface area contributed by atoms with Crippen LogP contribution in [0.4, 0.5) is 0 Å². The van der Waals surface area contributed by atoms with E-state index in [0.717, 1.165) is 38.8 Å². The second kappa shape index (κ2) is 6.23. The van der Waals surface area contributed by atoms with E-state index in [1.807, 2.05) is 18.7 Å². The lowest BCUT2D eigenvalue weighted by Gasteiger charge is -2.45. The minimum atomic E-state index is -0.346. The zero-order valence-corrected chi connectivity index (χ0v) is 14.7. The highest BCUT2D eigenvalue weighted by Crippen LogP contribution is 2.39. The van der Waals surface area contributed by atoms with Gasteiger partial charge in [-0.05, 0) is 46.1 Å². The summed E-state index contributed by atoms with van der Waals surface area (Å²) in [4.78, 5) is 21.9. The lowest BCUT2D eigenvalue weighted by molar-refractivity contribution is -0.149. The van der Waals surface area contributed by atoms with Gasteiger partial charge in [0.1, 0.15) is 5.54 Å². The molecule has 1 unspecified atom stereocenters. The van der Waals surface area contributed by atoms with Gasteiger partial charge in [-0.2, -0.15) is 4.98 Å². The van der Waals surface area contributed by atoms with Gasteiger partial charge in [0.2, 0.25) is 11.8 Å². The second-order valence-electron chi connectivity index (χ2n) is 7.46. The molecule has 2 aliphatic heterocycles. The molecule has 6 nitrogen and oxygen atoms in total. The number of rotatable bonds is 4. The fourth-order valence-electron chi connectivity index (χ4n) is 3.94. The first-order valence-electron chi connectivity index (χ1n) is 8.82. The lowest BCUT2D eigenvalue weighted by Crippen LogP contribution is -2.61. The molecule has 1 aromatic heterocycles. The number of hydrogen-bond acceptors (Lipinski definition) is 5. The standard InChI is InChI=1S/C17H28N4O2/c1-12(2)15-18-14(19-23-15)11-20-9-5-7-17(20)8-6-10-21(13(3)4)16(17)22/h12-13H,5-11H2,1-4H3. The van der Waals surface area contributed by atoms with Crippen molar-refractivity contribution in [3.05, 3.63) is 11.7 Å². The molecule has 0 N–H and O–H groups in total. The van der Waals surface area contributed by atoms with Crippen molar-refractivity contribution >= 4 is 5.91 Å². The SMILES string of the molecule is CC(C)c1nc(CN2CCCC23CCCN(C(C)C)C3=O)no1. The van der Waals surface area contributed by atoms with Crippen molar-refractivity contribution < 1.29 is 9.32 Å². The summed E-state index contributed by atoms with van der Waals surface area (Å²) in [6.07, 6.45) is 4.03. The Morgan fingerprint density at radius 1 is 1.17 bits per heavy atom. The molecule has 1 aromatic rings. The van der Waals surface area contributed by atoms with Gasteiger partial charge in [0.25, 0.3) is 0 Å². The summed E-state index contributed by atoms with van der Waals surface area (Å²) in [6, 6.07) is 0.264. The number of carbonyl (C=O) groups excluding carboxylic acids is 1. The van der Waals surface area contributed by atoms with E-state index < -0.39 is 0 Å². The lowest BCUT2D eigenvalue weighted by atomic mass is 9.84. The molecule has 1 atom stereocenters.